The first kappa shape index (κ1) is 11.2. The molecule has 82 valence electrons. The molecule has 2 aromatic carbocycles. The molecule has 0 N–H and O–H groups in total. The van der Waals surface area contributed by atoms with Crippen molar-refractivity contribution in [2.24, 2.45) is 0 Å². The van der Waals surface area contributed by atoms with Gasteiger partial charge >= 0.3 is 0 Å². The lowest BCUT2D eigenvalue weighted by atomic mass is 10.3. The zero-order chi connectivity index (χ0) is 11.2. The molecule has 0 spiro atoms. The Kier molecular flexibility index (Phi) is 3.96. The predicted molar refractivity (Wildman–Crippen MR) is 70.9 cm³/mol. The van der Waals surface area contributed by atoms with Gasteiger partial charge in [-0.15, -0.1) is 0 Å². The first-order valence-electron chi connectivity index (χ1n) is 5.30. The molecule has 1 atom stereocenters. The molecule has 2 heteroatoms. The largest absolute Gasteiger partial charge is 0.489 e. The Morgan fingerprint density at radius 3 is 2.06 bits per heavy atom. The summed E-state index contributed by atoms with van der Waals surface area (Å²) in [7, 11) is -0.222. The minimum absolute atomic E-state index is 0.222. The fourth-order valence-corrected chi connectivity index (χ4v) is 2.62. The van der Waals surface area contributed by atoms with Crippen molar-refractivity contribution in [1.29, 1.82) is 0 Å². The van der Waals surface area contributed by atoms with Gasteiger partial charge in [-0.05, 0) is 32.0 Å². The molecule has 1 unspecified atom stereocenters. The lowest BCUT2D eigenvalue weighted by Gasteiger charge is -2.13. The van der Waals surface area contributed by atoms with Gasteiger partial charge in [-0.25, -0.2) is 0 Å². The number of ether oxygens (including phenoxy) is 1. The maximum Gasteiger partial charge on any atom is 0.119 e. The maximum atomic E-state index is 5.75. The lowest BCUT2D eigenvalue weighted by molar-refractivity contribution is 0.389. The van der Waals surface area contributed by atoms with Crippen molar-refractivity contribution in [2.75, 3.05) is 13.0 Å². The summed E-state index contributed by atoms with van der Waals surface area (Å²) >= 11 is 0. The van der Waals surface area contributed by atoms with Gasteiger partial charge in [0.05, 0.1) is 0 Å². The smallest absolute Gasteiger partial charge is 0.119 e. The van der Waals surface area contributed by atoms with Gasteiger partial charge in [0, 0.05) is 0 Å². The molecule has 2 aromatic rings. The van der Waals surface area contributed by atoms with Crippen LogP contribution in [-0.2, 0) is 0 Å². The fourth-order valence-electron chi connectivity index (χ4n) is 1.45. The minimum Gasteiger partial charge on any atom is -0.489 e. The van der Waals surface area contributed by atoms with Crippen molar-refractivity contribution in [3.05, 3.63) is 60.7 Å². The normalized spacial score (nSPS) is 12.1. The Morgan fingerprint density at radius 1 is 0.875 bits per heavy atom. The zero-order valence-corrected chi connectivity index (χ0v) is 10.2. The van der Waals surface area contributed by atoms with Crippen LogP contribution in [0.1, 0.15) is 0 Å². The lowest BCUT2D eigenvalue weighted by Crippen LogP contribution is -2.05. The molecule has 0 aliphatic carbocycles. The van der Waals surface area contributed by atoms with Crippen molar-refractivity contribution in [2.45, 2.75) is 0 Å². The van der Waals surface area contributed by atoms with Crippen LogP contribution in [0.3, 0.4) is 0 Å². The number of benzene rings is 2. The van der Waals surface area contributed by atoms with Gasteiger partial charge in [-0.3, -0.25) is 0 Å². The van der Waals surface area contributed by atoms with E-state index in [1.165, 1.54) is 5.30 Å². The van der Waals surface area contributed by atoms with Gasteiger partial charge < -0.3 is 4.74 Å². The van der Waals surface area contributed by atoms with E-state index in [4.69, 9.17) is 4.74 Å². The third-order valence-electron chi connectivity index (χ3n) is 2.37. The molecular formula is C14H15OP. The van der Waals surface area contributed by atoms with Crippen LogP contribution in [0.25, 0.3) is 0 Å². The van der Waals surface area contributed by atoms with E-state index in [-0.39, 0.29) is 7.92 Å². The van der Waals surface area contributed by atoms with Crippen LogP contribution < -0.4 is 10.0 Å². The SMILES string of the molecule is CP(COc1ccccc1)c1ccccc1. The predicted octanol–water partition coefficient (Wildman–Crippen LogP) is 3.46. The number of para-hydroxylation sites is 1. The van der Waals surface area contributed by atoms with E-state index in [0.29, 0.717) is 0 Å². The fraction of sp³-hybridized carbons (Fsp3) is 0.143. The maximum absolute atomic E-state index is 5.75. The van der Waals surface area contributed by atoms with Crippen LogP contribution in [-0.4, -0.2) is 13.0 Å². The van der Waals surface area contributed by atoms with Crippen LogP contribution in [0.15, 0.2) is 60.7 Å². The molecule has 0 aromatic heterocycles. The van der Waals surface area contributed by atoms with E-state index in [1.54, 1.807) is 0 Å². The average molecular weight is 230 g/mol. The second-order valence-corrected chi connectivity index (χ2v) is 5.79. The van der Waals surface area contributed by atoms with Crippen molar-refractivity contribution in [3.8, 4) is 5.75 Å². The molecule has 1 nitrogen and oxygen atoms in total. The minimum atomic E-state index is -0.222. The van der Waals surface area contributed by atoms with Crippen molar-refractivity contribution in [3.63, 3.8) is 0 Å². The quantitative estimate of drug-likeness (QED) is 0.731. The average Bonchev–Trinajstić information content (AvgIpc) is 2.38. The Balaban J connectivity index is 1.92. The number of rotatable bonds is 4. The van der Waals surface area contributed by atoms with E-state index in [9.17, 15) is 0 Å². The van der Waals surface area contributed by atoms with Crippen LogP contribution >= 0.6 is 7.92 Å². The van der Waals surface area contributed by atoms with E-state index >= 15 is 0 Å². The zero-order valence-electron chi connectivity index (χ0n) is 9.34. The molecule has 0 fully saturated rings. The van der Waals surface area contributed by atoms with Crippen LogP contribution in [0, 0.1) is 0 Å². The molecular weight excluding hydrogens is 215 g/mol. The Morgan fingerprint density at radius 2 is 1.44 bits per heavy atom. The van der Waals surface area contributed by atoms with E-state index in [1.807, 2.05) is 36.4 Å². The second kappa shape index (κ2) is 5.67. The van der Waals surface area contributed by atoms with Crippen LogP contribution in [0.5, 0.6) is 5.75 Å². The first-order chi connectivity index (χ1) is 7.86. The van der Waals surface area contributed by atoms with Crippen molar-refractivity contribution < 1.29 is 4.74 Å². The molecule has 0 amide bonds. The highest BCUT2D eigenvalue weighted by atomic mass is 31.1. The summed E-state index contributed by atoms with van der Waals surface area (Å²) in [6.07, 6.45) is 0.781. The standard InChI is InChI=1S/C14H15OP/c1-16(14-10-6-3-7-11-14)12-15-13-8-4-2-5-9-13/h2-11H,12H2,1H3. The third-order valence-corrected chi connectivity index (χ3v) is 4.06. The van der Waals surface area contributed by atoms with Gasteiger partial charge in [0.1, 0.15) is 12.1 Å². The molecule has 0 saturated heterocycles. The number of hydrogen-bond acceptors (Lipinski definition) is 1. The Bertz CT molecular complexity index is 413. The second-order valence-electron chi connectivity index (χ2n) is 3.62. The molecule has 0 radical (unpaired) electrons. The summed E-state index contributed by atoms with van der Waals surface area (Å²) in [5, 5.41) is 1.38. The highest BCUT2D eigenvalue weighted by Gasteiger charge is 2.04. The molecule has 16 heavy (non-hydrogen) atoms. The van der Waals surface area contributed by atoms with E-state index < -0.39 is 0 Å². The molecule has 0 aliphatic rings. The van der Waals surface area contributed by atoms with Gasteiger partial charge in [0.15, 0.2) is 0 Å². The monoisotopic (exact) mass is 230 g/mol. The van der Waals surface area contributed by atoms with Gasteiger partial charge in [-0.1, -0.05) is 48.5 Å². The highest BCUT2D eigenvalue weighted by molar-refractivity contribution is 7.64. The highest BCUT2D eigenvalue weighted by Crippen LogP contribution is 2.29. The van der Waals surface area contributed by atoms with Gasteiger partial charge in [-0.2, -0.15) is 0 Å². The van der Waals surface area contributed by atoms with Gasteiger partial charge in [0.25, 0.3) is 0 Å². The van der Waals surface area contributed by atoms with E-state index in [2.05, 4.69) is 30.9 Å². The molecule has 0 bridgehead atoms. The van der Waals surface area contributed by atoms with Gasteiger partial charge in [0.2, 0.25) is 0 Å². The summed E-state index contributed by atoms with van der Waals surface area (Å²) in [5.74, 6) is 0.952. The third kappa shape index (κ3) is 3.08. The number of hydrogen-bond donors (Lipinski definition) is 0. The van der Waals surface area contributed by atoms with Crippen LogP contribution in [0.4, 0.5) is 0 Å². The molecule has 0 aliphatic heterocycles. The molecule has 0 saturated carbocycles. The van der Waals surface area contributed by atoms with E-state index in [0.717, 1.165) is 12.1 Å². The topological polar surface area (TPSA) is 9.23 Å². The van der Waals surface area contributed by atoms with Crippen molar-refractivity contribution in [1.82, 2.24) is 0 Å². The Labute approximate surface area is 97.8 Å². The van der Waals surface area contributed by atoms with Crippen LogP contribution in [0.2, 0.25) is 0 Å². The summed E-state index contributed by atoms with van der Waals surface area (Å²) in [5.41, 5.74) is 0. The molecule has 2 rings (SSSR count). The first-order valence-corrected chi connectivity index (χ1v) is 7.28. The van der Waals surface area contributed by atoms with Crippen molar-refractivity contribution >= 4 is 13.2 Å². The molecule has 0 heterocycles. The summed E-state index contributed by atoms with van der Waals surface area (Å²) in [6, 6.07) is 20.5. The summed E-state index contributed by atoms with van der Waals surface area (Å²) in [6.45, 7) is 2.24. The Hall–Kier alpha value is -1.33. The summed E-state index contributed by atoms with van der Waals surface area (Å²) in [4.78, 5) is 0. The summed E-state index contributed by atoms with van der Waals surface area (Å²) < 4.78 is 5.75.